The van der Waals surface area contributed by atoms with Crippen molar-refractivity contribution in [2.24, 2.45) is 0 Å². The van der Waals surface area contributed by atoms with Gasteiger partial charge >= 0.3 is 0 Å². The molecule has 0 spiro atoms. The molecule has 3 heteroatoms. The number of fused-ring (bicyclic) bond motifs is 1. The predicted octanol–water partition coefficient (Wildman–Crippen LogP) is 3.78. The Balaban J connectivity index is 2.74. The summed E-state index contributed by atoms with van der Waals surface area (Å²) in [5.41, 5.74) is 1.88. The van der Waals surface area contributed by atoms with Gasteiger partial charge in [-0.1, -0.05) is 45.7 Å². The molecule has 0 unspecified atom stereocenters. The zero-order valence-electron chi connectivity index (χ0n) is 6.80. The lowest BCUT2D eigenvalue weighted by Gasteiger charge is -2.00. The Morgan fingerprint density at radius 2 is 2.08 bits per heavy atom. The molecular formula is C10H7BrClN. The molecular weight excluding hydrogens is 249 g/mol. The number of para-hydroxylation sites is 1. The summed E-state index contributed by atoms with van der Waals surface area (Å²) in [7, 11) is 0. The summed E-state index contributed by atoms with van der Waals surface area (Å²) in [5, 5.41) is 2.55. The van der Waals surface area contributed by atoms with E-state index >= 15 is 0 Å². The maximum atomic E-state index is 6.01. The van der Waals surface area contributed by atoms with Crippen LogP contribution in [0.15, 0.2) is 30.3 Å². The molecule has 0 radical (unpaired) electrons. The van der Waals surface area contributed by atoms with Crippen LogP contribution < -0.4 is 0 Å². The van der Waals surface area contributed by atoms with E-state index in [1.807, 2.05) is 30.3 Å². The molecule has 0 fully saturated rings. The molecule has 13 heavy (non-hydrogen) atoms. The minimum atomic E-state index is 0.709. The van der Waals surface area contributed by atoms with E-state index < -0.39 is 0 Å². The van der Waals surface area contributed by atoms with E-state index in [9.17, 15) is 0 Å². The van der Waals surface area contributed by atoms with Crippen LogP contribution in [0.1, 0.15) is 5.69 Å². The Hall–Kier alpha value is -0.600. The number of rotatable bonds is 1. The zero-order valence-corrected chi connectivity index (χ0v) is 9.14. The number of aromatic nitrogens is 1. The highest BCUT2D eigenvalue weighted by Gasteiger charge is 2.00. The Morgan fingerprint density at radius 1 is 1.23 bits per heavy atom. The zero-order chi connectivity index (χ0) is 9.26. The van der Waals surface area contributed by atoms with Crippen molar-refractivity contribution < 1.29 is 0 Å². The third kappa shape index (κ3) is 1.69. The summed E-state index contributed by atoms with van der Waals surface area (Å²) in [6, 6.07) is 9.82. The standard InChI is InChI=1S/C10H7BrClN/c11-6-8-5-4-7-2-1-3-9(12)10(7)13-8/h1-5H,6H2. The maximum Gasteiger partial charge on any atom is 0.0891 e. The largest absolute Gasteiger partial charge is 0.250 e. The van der Waals surface area contributed by atoms with Crippen LogP contribution in [0.3, 0.4) is 0 Å². The van der Waals surface area contributed by atoms with Gasteiger partial charge < -0.3 is 0 Å². The average Bonchev–Trinajstić information content (AvgIpc) is 2.18. The number of hydrogen-bond donors (Lipinski definition) is 0. The van der Waals surface area contributed by atoms with Crippen molar-refractivity contribution in [1.82, 2.24) is 4.98 Å². The Labute approximate surface area is 89.9 Å². The SMILES string of the molecule is Clc1cccc2ccc(CBr)nc12. The molecule has 0 aliphatic rings. The van der Waals surface area contributed by atoms with Crippen molar-refractivity contribution in [3.8, 4) is 0 Å². The van der Waals surface area contributed by atoms with Gasteiger partial charge in [0.1, 0.15) is 0 Å². The molecule has 0 saturated heterocycles. The first kappa shape index (κ1) is 8.97. The highest BCUT2D eigenvalue weighted by molar-refractivity contribution is 9.08. The molecule has 0 saturated carbocycles. The second-order valence-electron chi connectivity index (χ2n) is 2.75. The molecule has 0 atom stereocenters. The lowest BCUT2D eigenvalue weighted by molar-refractivity contribution is 1.24. The lowest BCUT2D eigenvalue weighted by atomic mass is 10.2. The molecule has 0 N–H and O–H groups in total. The van der Waals surface area contributed by atoms with Crippen molar-refractivity contribution in [2.45, 2.75) is 5.33 Å². The molecule has 0 aliphatic heterocycles. The van der Waals surface area contributed by atoms with Gasteiger partial charge in [-0.15, -0.1) is 0 Å². The molecule has 1 nitrogen and oxygen atoms in total. The Kier molecular flexibility index (Phi) is 2.51. The van der Waals surface area contributed by atoms with Crippen LogP contribution >= 0.6 is 27.5 Å². The molecule has 1 aromatic carbocycles. The van der Waals surface area contributed by atoms with E-state index in [1.54, 1.807) is 0 Å². The van der Waals surface area contributed by atoms with Crippen molar-refractivity contribution >= 4 is 38.4 Å². The quantitative estimate of drug-likeness (QED) is 0.708. The van der Waals surface area contributed by atoms with E-state index in [4.69, 9.17) is 11.6 Å². The fourth-order valence-corrected chi connectivity index (χ4v) is 1.76. The van der Waals surface area contributed by atoms with Gasteiger partial charge in [0.2, 0.25) is 0 Å². The number of benzene rings is 1. The number of halogens is 2. The van der Waals surface area contributed by atoms with Gasteiger partial charge in [0.25, 0.3) is 0 Å². The summed E-state index contributed by atoms with van der Waals surface area (Å²) < 4.78 is 0. The van der Waals surface area contributed by atoms with Gasteiger partial charge in [0, 0.05) is 10.7 Å². The van der Waals surface area contributed by atoms with E-state index in [-0.39, 0.29) is 0 Å². The molecule has 1 aromatic heterocycles. The van der Waals surface area contributed by atoms with Crippen LogP contribution in [0.2, 0.25) is 5.02 Å². The molecule has 2 aromatic rings. The minimum absolute atomic E-state index is 0.709. The fourth-order valence-electron chi connectivity index (χ4n) is 1.23. The monoisotopic (exact) mass is 255 g/mol. The maximum absolute atomic E-state index is 6.01. The topological polar surface area (TPSA) is 12.9 Å². The third-order valence-electron chi connectivity index (χ3n) is 1.87. The van der Waals surface area contributed by atoms with E-state index in [1.165, 1.54) is 0 Å². The first-order valence-corrected chi connectivity index (χ1v) is 5.41. The first-order chi connectivity index (χ1) is 6.31. The number of hydrogen-bond acceptors (Lipinski definition) is 1. The molecule has 1 heterocycles. The summed E-state index contributed by atoms with van der Waals surface area (Å²) in [6.07, 6.45) is 0. The van der Waals surface area contributed by atoms with Crippen molar-refractivity contribution in [2.75, 3.05) is 0 Å². The summed E-state index contributed by atoms with van der Waals surface area (Å²) in [5.74, 6) is 0. The van der Waals surface area contributed by atoms with Crippen molar-refractivity contribution in [3.63, 3.8) is 0 Å². The van der Waals surface area contributed by atoms with Crippen LogP contribution in [0.25, 0.3) is 10.9 Å². The highest BCUT2D eigenvalue weighted by atomic mass is 79.9. The van der Waals surface area contributed by atoms with Gasteiger partial charge in [-0.05, 0) is 12.1 Å². The Bertz CT molecular complexity index is 442. The second kappa shape index (κ2) is 3.64. The minimum Gasteiger partial charge on any atom is -0.250 e. The van der Waals surface area contributed by atoms with E-state index in [0.717, 1.165) is 21.9 Å². The summed E-state index contributed by atoms with van der Waals surface area (Å²) in [6.45, 7) is 0. The molecule has 0 amide bonds. The van der Waals surface area contributed by atoms with Gasteiger partial charge in [-0.3, -0.25) is 4.98 Å². The fraction of sp³-hybridized carbons (Fsp3) is 0.100. The molecule has 0 bridgehead atoms. The van der Waals surface area contributed by atoms with Crippen LogP contribution in [-0.4, -0.2) is 4.98 Å². The van der Waals surface area contributed by atoms with Crippen molar-refractivity contribution in [3.05, 3.63) is 41.0 Å². The van der Waals surface area contributed by atoms with E-state index in [0.29, 0.717) is 5.02 Å². The number of pyridine rings is 1. The average molecular weight is 257 g/mol. The third-order valence-corrected chi connectivity index (χ3v) is 2.75. The highest BCUT2D eigenvalue weighted by Crippen LogP contribution is 2.21. The molecule has 66 valence electrons. The van der Waals surface area contributed by atoms with Gasteiger partial charge in [0.15, 0.2) is 0 Å². The summed E-state index contributed by atoms with van der Waals surface area (Å²) in [4.78, 5) is 4.41. The van der Waals surface area contributed by atoms with E-state index in [2.05, 4.69) is 20.9 Å². The first-order valence-electron chi connectivity index (χ1n) is 3.91. The predicted molar refractivity (Wildman–Crippen MR) is 59.4 cm³/mol. The molecule has 2 rings (SSSR count). The van der Waals surface area contributed by atoms with Crippen LogP contribution in [0, 0.1) is 0 Å². The van der Waals surface area contributed by atoms with Crippen LogP contribution in [-0.2, 0) is 5.33 Å². The van der Waals surface area contributed by atoms with Gasteiger partial charge in [0.05, 0.1) is 16.2 Å². The van der Waals surface area contributed by atoms with Crippen LogP contribution in [0.5, 0.6) is 0 Å². The number of nitrogens with zero attached hydrogens (tertiary/aromatic N) is 1. The Morgan fingerprint density at radius 3 is 2.85 bits per heavy atom. The number of alkyl halides is 1. The normalized spacial score (nSPS) is 10.6. The van der Waals surface area contributed by atoms with Gasteiger partial charge in [-0.2, -0.15) is 0 Å². The lowest BCUT2D eigenvalue weighted by Crippen LogP contribution is -1.86. The second-order valence-corrected chi connectivity index (χ2v) is 3.72. The summed E-state index contributed by atoms with van der Waals surface area (Å²) >= 11 is 9.37. The smallest absolute Gasteiger partial charge is 0.0891 e. The van der Waals surface area contributed by atoms with Gasteiger partial charge in [-0.25, -0.2) is 0 Å². The van der Waals surface area contributed by atoms with Crippen LogP contribution in [0.4, 0.5) is 0 Å². The van der Waals surface area contributed by atoms with Crippen molar-refractivity contribution in [1.29, 1.82) is 0 Å². The molecule has 0 aliphatic carbocycles.